The molecule has 1 aliphatic rings. The van der Waals surface area contributed by atoms with Gasteiger partial charge in [0.1, 0.15) is 5.82 Å². The first kappa shape index (κ1) is 20.8. The Labute approximate surface area is 201 Å². The van der Waals surface area contributed by atoms with Crippen molar-refractivity contribution in [1.29, 1.82) is 0 Å². The molecule has 1 aliphatic heterocycles. The van der Waals surface area contributed by atoms with E-state index in [-0.39, 0.29) is 12.1 Å². The Morgan fingerprint density at radius 3 is 2.31 bits per heavy atom. The van der Waals surface area contributed by atoms with Crippen LogP contribution in [0.15, 0.2) is 83.6 Å². The summed E-state index contributed by atoms with van der Waals surface area (Å²) in [4.78, 5) is 11.4. The normalized spacial score (nSPS) is 18.1. The predicted octanol–water partition coefficient (Wildman–Crippen LogP) is 5.82. The topological polar surface area (TPSA) is 46.0 Å². The molecule has 0 saturated carbocycles. The van der Waals surface area contributed by atoms with Gasteiger partial charge in [-0.25, -0.2) is 4.98 Å². The zero-order valence-electron chi connectivity index (χ0n) is 17.7. The highest BCUT2D eigenvalue weighted by Gasteiger charge is 2.42. The first-order valence-electron chi connectivity index (χ1n) is 10.4. The molecular weight excluding hydrogens is 482 g/mol. The summed E-state index contributed by atoms with van der Waals surface area (Å²) >= 11 is 9.38. The van der Waals surface area contributed by atoms with Crippen LogP contribution in [0.2, 0.25) is 0 Å². The van der Waals surface area contributed by atoms with Crippen molar-refractivity contribution >= 4 is 38.9 Å². The number of aromatic nitrogens is 3. The Bertz CT molecular complexity index is 1260. The van der Waals surface area contributed by atoms with Crippen molar-refractivity contribution in [3.8, 4) is 5.82 Å². The molecule has 0 radical (unpaired) electrons. The lowest BCUT2D eigenvalue weighted by atomic mass is 9.96. The van der Waals surface area contributed by atoms with Crippen LogP contribution in [0.3, 0.4) is 0 Å². The average molecular weight is 504 g/mol. The van der Waals surface area contributed by atoms with Crippen molar-refractivity contribution in [2.75, 3.05) is 4.90 Å². The highest BCUT2D eigenvalue weighted by atomic mass is 79.9. The molecule has 0 bridgehead atoms. The van der Waals surface area contributed by atoms with Crippen LogP contribution in [-0.2, 0) is 0 Å². The van der Waals surface area contributed by atoms with Gasteiger partial charge in [0, 0.05) is 33.9 Å². The number of hydrogen-bond donors (Lipinski definition) is 1. The zero-order chi connectivity index (χ0) is 22.2. The van der Waals surface area contributed by atoms with E-state index in [9.17, 15) is 0 Å². The molecular formula is C25H22BrN5S. The van der Waals surface area contributed by atoms with E-state index in [1.165, 1.54) is 5.56 Å². The molecule has 3 aromatic heterocycles. The van der Waals surface area contributed by atoms with Crippen molar-refractivity contribution in [2.24, 2.45) is 0 Å². The Kier molecular flexibility index (Phi) is 5.53. The number of halogens is 1. The third-order valence-corrected chi connectivity index (χ3v) is 6.71. The molecule has 1 N–H and O–H groups in total. The molecule has 2 atom stereocenters. The molecule has 4 heterocycles. The number of nitrogens with one attached hydrogen (secondary N) is 1. The van der Waals surface area contributed by atoms with E-state index in [4.69, 9.17) is 12.2 Å². The maximum atomic E-state index is 5.84. The van der Waals surface area contributed by atoms with Crippen molar-refractivity contribution in [3.63, 3.8) is 0 Å². The fourth-order valence-electron chi connectivity index (χ4n) is 4.48. The van der Waals surface area contributed by atoms with Gasteiger partial charge in [-0.05, 0) is 86.2 Å². The van der Waals surface area contributed by atoms with Crippen LogP contribution in [0.1, 0.15) is 34.7 Å². The smallest absolute Gasteiger partial charge is 0.174 e. The van der Waals surface area contributed by atoms with Gasteiger partial charge >= 0.3 is 0 Å². The standard InChI is InChI=1S/C25H22BrN5S/c1-16-15-20(17(2)30(16)22-8-4-6-14-28-22)24-23(21-7-3-5-13-27-21)29-25(32)31(24)19-11-9-18(26)10-12-19/h3-15,23-24H,1-2H3,(H,29,32)/t23-,24+/m1/s1. The number of nitrogens with zero attached hydrogens (tertiary/aromatic N) is 4. The quantitative estimate of drug-likeness (QED) is 0.355. The number of benzene rings is 1. The Balaban J connectivity index is 1.68. The largest absolute Gasteiger partial charge is 0.351 e. The zero-order valence-corrected chi connectivity index (χ0v) is 20.1. The monoisotopic (exact) mass is 503 g/mol. The van der Waals surface area contributed by atoms with Gasteiger partial charge < -0.3 is 14.8 Å². The fourth-order valence-corrected chi connectivity index (χ4v) is 5.09. The molecule has 0 aliphatic carbocycles. The van der Waals surface area contributed by atoms with Gasteiger partial charge in [-0.2, -0.15) is 0 Å². The van der Waals surface area contributed by atoms with Crippen molar-refractivity contribution < 1.29 is 0 Å². The molecule has 0 amide bonds. The molecule has 0 unspecified atom stereocenters. The predicted molar refractivity (Wildman–Crippen MR) is 135 cm³/mol. The van der Waals surface area contributed by atoms with Crippen molar-refractivity contribution in [1.82, 2.24) is 19.9 Å². The Morgan fingerprint density at radius 2 is 1.66 bits per heavy atom. The number of aryl methyl sites for hydroxylation is 1. The highest BCUT2D eigenvalue weighted by molar-refractivity contribution is 9.10. The lowest BCUT2D eigenvalue weighted by molar-refractivity contribution is 0.565. The van der Waals surface area contributed by atoms with Crippen LogP contribution < -0.4 is 10.2 Å². The van der Waals surface area contributed by atoms with Gasteiger partial charge in [-0.1, -0.05) is 28.1 Å². The van der Waals surface area contributed by atoms with E-state index >= 15 is 0 Å². The number of rotatable bonds is 4. The van der Waals surface area contributed by atoms with Gasteiger partial charge in [-0.15, -0.1) is 0 Å². The van der Waals surface area contributed by atoms with E-state index in [1.807, 2.05) is 54.9 Å². The number of pyridine rings is 2. The lowest BCUT2D eigenvalue weighted by Crippen LogP contribution is -2.29. The third kappa shape index (κ3) is 3.61. The molecule has 5 rings (SSSR count). The van der Waals surface area contributed by atoms with Crippen LogP contribution in [0.5, 0.6) is 0 Å². The summed E-state index contributed by atoms with van der Waals surface area (Å²) in [6.07, 6.45) is 3.65. The van der Waals surface area contributed by atoms with Crippen LogP contribution >= 0.6 is 28.1 Å². The highest BCUT2D eigenvalue weighted by Crippen LogP contribution is 2.43. The van der Waals surface area contributed by atoms with Crippen LogP contribution in [0.25, 0.3) is 5.82 Å². The van der Waals surface area contributed by atoms with E-state index in [2.05, 4.69) is 78.8 Å². The summed E-state index contributed by atoms with van der Waals surface area (Å²) in [6, 6.07) is 22.4. The first-order chi connectivity index (χ1) is 15.5. The average Bonchev–Trinajstić information content (AvgIpc) is 3.31. The van der Waals surface area contributed by atoms with Gasteiger partial charge in [0.25, 0.3) is 0 Å². The van der Waals surface area contributed by atoms with Gasteiger partial charge in [0.2, 0.25) is 0 Å². The minimum atomic E-state index is -0.0787. The van der Waals surface area contributed by atoms with E-state index < -0.39 is 0 Å². The van der Waals surface area contributed by atoms with Crippen molar-refractivity contribution in [2.45, 2.75) is 25.9 Å². The molecule has 32 heavy (non-hydrogen) atoms. The van der Waals surface area contributed by atoms with Crippen LogP contribution in [-0.4, -0.2) is 19.6 Å². The minimum absolute atomic E-state index is 0.0535. The molecule has 1 fully saturated rings. The van der Waals surface area contributed by atoms with Crippen molar-refractivity contribution in [3.05, 3.63) is 106 Å². The molecule has 5 nitrogen and oxygen atoms in total. The minimum Gasteiger partial charge on any atom is -0.351 e. The molecule has 0 spiro atoms. The number of hydrogen-bond acceptors (Lipinski definition) is 3. The van der Waals surface area contributed by atoms with E-state index in [0.717, 1.165) is 33.1 Å². The maximum Gasteiger partial charge on any atom is 0.174 e. The third-order valence-electron chi connectivity index (χ3n) is 5.87. The van der Waals surface area contributed by atoms with E-state index in [0.29, 0.717) is 5.11 Å². The second kappa shape index (κ2) is 8.48. The molecule has 160 valence electrons. The number of thiocarbonyl (C=S) groups is 1. The van der Waals surface area contributed by atoms with Crippen LogP contribution in [0, 0.1) is 13.8 Å². The maximum absolute atomic E-state index is 5.84. The fraction of sp³-hybridized carbons (Fsp3) is 0.160. The second-order valence-corrected chi connectivity index (χ2v) is 9.13. The summed E-state index contributed by atoms with van der Waals surface area (Å²) in [7, 11) is 0. The number of anilines is 1. The Hall–Kier alpha value is -3.03. The summed E-state index contributed by atoms with van der Waals surface area (Å²) in [5.41, 5.74) is 5.46. The molecule has 1 saturated heterocycles. The van der Waals surface area contributed by atoms with E-state index in [1.54, 1.807) is 0 Å². The van der Waals surface area contributed by atoms with Crippen LogP contribution in [0.4, 0.5) is 5.69 Å². The van der Waals surface area contributed by atoms with Gasteiger partial charge in [-0.3, -0.25) is 4.98 Å². The SMILES string of the molecule is Cc1cc([C@H]2[C@@H](c3ccccn3)NC(=S)N2c2ccc(Br)cc2)c(C)n1-c1ccccn1. The van der Waals surface area contributed by atoms with Gasteiger partial charge in [0.15, 0.2) is 5.11 Å². The summed E-state index contributed by atoms with van der Waals surface area (Å²) < 4.78 is 3.23. The summed E-state index contributed by atoms with van der Waals surface area (Å²) in [6.45, 7) is 4.26. The lowest BCUT2D eigenvalue weighted by Gasteiger charge is -2.28. The first-order valence-corrected chi connectivity index (χ1v) is 11.6. The summed E-state index contributed by atoms with van der Waals surface area (Å²) in [5.74, 6) is 0.909. The molecule has 1 aromatic carbocycles. The molecule has 7 heteroatoms. The summed E-state index contributed by atoms with van der Waals surface area (Å²) in [5, 5.41) is 4.23. The van der Waals surface area contributed by atoms with Gasteiger partial charge in [0.05, 0.1) is 17.8 Å². The molecule has 4 aromatic rings. The second-order valence-electron chi connectivity index (χ2n) is 7.82. The Morgan fingerprint density at radius 1 is 0.938 bits per heavy atom.